The van der Waals surface area contributed by atoms with Gasteiger partial charge in [0.05, 0.1) is 29.0 Å². The molecule has 0 spiro atoms. The van der Waals surface area contributed by atoms with Crippen molar-refractivity contribution in [3.8, 4) is 11.3 Å². The van der Waals surface area contributed by atoms with Gasteiger partial charge in [-0.25, -0.2) is 4.98 Å². The minimum absolute atomic E-state index is 0.276. The molecule has 0 aliphatic rings. The van der Waals surface area contributed by atoms with Crippen molar-refractivity contribution in [1.82, 2.24) is 24.5 Å². The topological polar surface area (TPSA) is 77.6 Å². The van der Waals surface area contributed by atoms with Gasteiger partial charge in [0.2, 0.25) is 0 Å². The Hall–Kier alpha value is -3.68. The molecule has 34 heavy (non-hydrogen) atoms. The summed E-state index contributed by atoms with van der Waals surface area (Å²) >= 11 is 12.6. The summed E-state index contributed by atoms with van der Waals surface area (Å²) in [5.74, 6) is 0.149. The van der Waals surface area contributed by atoms with Crippen LogP contribution in [0.1, 0.15) is 21.6 Å². The van der Waals surface area contributed by atoms with E-state index in [1.165, 1.54) is 0 Å². The van der Waals surface area contributed by atoms with E-state index in [9.17, 15) is 4.79 Å². The normalized spacial score (nSPS) is 11.2. The number of aryl methyl sites for hydroxylation is 2. The zero-order valence-electron chi connectivity index (χ0n) is 18.5. The SMILES string of the molecule is Cc1nn(C)cc1-c1cc(C(=O)Nc2ccn(Cc3c(Cl)cccc3Cl)n2)c2ccccc2n1. The number of para-hydroxylation sites is 1. The van der Waals surface area contributed by atoms with Crippen molar-refractivity contribution in [2.75, 3.05) is 5.32 Å². The summed E-state index contributed by atoms with van der Waals surface area (Å²) in [4.78, 5) is 18.1. The number of nitrogens with zero attached hydrogens (tertiary/aromatic N) is 5. The van der Waals surface area contributed by atoms with Crippen LogP contribution in [0.15, 0.2) is 67.0 Å². The molecule has 0 unspecified atom stereocenters. The maximum Gasteiger partial charge on any atom is 0.257 e. The molecule has 0 bridgehead atoms. The van der Waals surface area contributed by atoms with Gasteiger partial charge in [-0.3, -0.25) is 14.2 Å². The fourth-order valence-corrected chi connectivity index (χ4v) is 4.41. The second kappa shape index (κ2) is 8.93. The van der Waals surface area contributed by atoms with Gasteiger partial charge >= 0.3 is 0 Å². The van der Waals surface area contributed by atoms with Crippen molar-refractivity contribution >= 4 is 45.8 Å². The molecule has 0 radical (unpaired) electrons. The minimum atomic E-state index is -0.276. The summed E-state index contributed by atoms with van der Waals surface area (Å²) < 4.78 is 3.41. The van der Waals surface area contributed by atoms with Gasteiger partial charge in [-0.2, -0.15) is 10.2 Å². The highest BCUT2D eigenvalue weighted by atomic mass is 35.5. The molecule has 5 rings (SSSR count). The van der Waals surface area contributed by atoms with Crippen LogP contribution in [-0.2, 0) is 13.6 Å². The molecule has 5 aromatic rings. The van der Waals surface area contributed by atoms with Crippen LogP contribution in [0.4, 0.5) is 5.82 Å². The molecule has 1 N–H and O–H groups in total. The zero-order chi connectivity index (χ0) is 23.8. The number of rotatable bonds is 5. The molecule has 7 nitrogen and oxygen atoms in total. The van der Waals surface area contributed by atoms with Gasteiger partial charge in [0, 0.05) is 52.1 Å². The number of hydrogen-bond donors (Lipinski definition) is 1. The lowest BCUT2D eigenvalue weighted by Gasteiger charge is -2.09. The van der Waals surface area contributed by atoms with Gasteiger partial charge in [-0.1, -0.05) is 47.5 Å². The number of fused-ring (bicyclic) bond motifs is 1. The number of hydrogen-bond acceptors (Lipinski definition) is 4. The Morgan fingerprint density at radius 3 is 2.53 bits per heavy atom. The van der Waals surface area contributed by atoms with Crippen molar-refractivity contribution in [2.45, 2.75) is 13.5 Å². The average molecular weight is 491 g/mol. The van der Waals surface area contributed by atoms with Gasteiger partial charge in [0.1, 0.15) is 0 Å². The summed E-state index contributed by atoms with van der Waals surface area (Å²) in [6.45, 7) is 2.31. The van der Waals surface area contributed by atoms with Crippen molar-refractivity contribution in [3.05, 3.63) is 93.9 Å². The van der Waals surface area contributed by atoms with Crippen molar-refractivity contribution < 1.29 is 4.79 Å². The molecular formula is C25H20Cl2N6O. The number of pyridine rings is 1. The second-order valence-electron chi connectivity index (χ2n) is 7.93. The fourth-order valence-electron chi connectivity index (χ4n) is 3.90. The highest BCUT2D eigenvalue weighted by Gasteiger charge is 2.17. The van der Waals surface area contributed by atoms with Crippen molar-refractivity contribution in [2.24, 2.45) is 7.05 Å². The smallest absolute Gasteiger partial charge is 0.257 e. The second-order valence-corrected chi connectivity index (χ2v) is 8.74. The molecule has 0 aliphatic carbocycles. The first-order valence-electron chi connectivity index (χ1n) is 10.6. The van der Waals surface area contributed by atoms with Gasteiger partial charge in [-0.05, 0) is 31.2 Å². The standard InChI is InChI=1S/C25H20Cl2N6O/c1-15-18(13-32(2)30-15)23-12-17(16-6-3-4-9-22(16)28-23)25(34)29-24-10-11-33(31-24)14-19-20(26)7-5-8-21(19)27/h3-13H,14H2,1-2H3,(H,29,31,34). The monoisotopic (exact) mass is 490 g/mol. The Labute approximate surface area is 205 Å². The molecule has 3 aromatic heterocycles. The molecule has 0 aliphatic heterocycles. The average Bonchev–Trinajstić information content (AvgIpc) is 3.40. The summed E-state index contributed by atoms with van der Waals surface area (Å²) in [5, 5.41) is 13.7. The van der Waals surface area contributed by atoms with Crippen molar-refractivity contribution in [1.29, 1.82) is 0 Å². The summed E-state index contributed by atoms with van der Waals surface area (Å²) in [6.07, 6.45) is 3.67. The molecule has 0 saturated heterocycles. The number of carbonyl (C=O) groups excluding carboxylic acids is 1. The van der Waals surface area contributed by atoms with Gasteiger partial charge in [-0.15, -0.1) is 0 Å². The number of anilines is 1. The molecule has 0 atom stereocenters. The predicted octanol–water partition coefficient (Wildman–Crippen LogP) is 5.75. The lowest BCUT2D eigenvalue weighted by molar-refractivity contribution is 0.102. The molecule has 0 saturated carbocycles. The van der Waals surface area contributed by atoms with Crippen LogP contribution in [0.3, 0.4) is 0 Å². The molecule has 9 heteroatoms. The number of benzene rings is 2. The van der Waals surface area contributed by atoms with Crippen LogP contribution in [0.2, 0.25) is 10.0 Å². The third kappa shape index (κ3) is 4.27. The summed E-state index contributed by atoms with van der Waals surface area (Å²) in [5.41, 5.74) is 4.41. The number of carbonyl (C=O) groups is 1. The Kier molecular flexibility index (Phi) is 5.81. The van der Waals surface area contributed by atoms with E-state index < -0.39 is 0 Å². The molecular weight excluding hydrogens is 471 g/mol. The van der Waals surface area contributed by atoms with E-state index in [1.807, 2.05) is 44.4 Å². The van der Waals surface area contributed by atoms with Gasteiger partial charge in [0.15, 0.2) is 5.82 Å². The van der Waals surface area contributed by atoms with Crippen LogP contribution in [0.5, 0.6) is 0 Å². The van der Waals surface area contributed by atoms with Crippen LogP contribution >= 0.6 is 23.2 Å². The predicted molar refractivity (Wildman–Crippen MR) is 134 cm³/mol. The van der Waals surface area contributed by atoms with E-state index in [4.69, 9.17) is 28.2 Å². The quantitative estimate of drug-likeness (QED) is 0.340. The van der Waals surface area contributed by atoms with E-state index in [2.05, 4.69) is 15.5 Å². The molecule has 3 heterocycles. The van der Waals surface area contributed by atoms with Crippen molar-refractivity contribution in [3.63, 3.8) is 0 Å². The number of nitrogens with one attached hydrogen (secondary N) is 1. The third-order valence-electron chi connectivity index (χ3n) is 5.51. The maximum absolute atomic E-state index is 13.3. The van der Waals surface area contributed by atoms with E-state index >= 15 is 0 Å². The molecule has 1 amide bonds. The van der Waals surface area contributed by atoms with E-state index in [1.54, 1.807) is 45.9 Å². The maximum atomic E-state index is 13.3. The summed E-state index contributed by atoms with van der Waals surface area (Å²) in [7, 11) is 1.86. The fraction of sp³-hybridized carbons (Fsp3) is 0.120. The van der Waals surface area contributed by atoms with Crippen LogP contribution in [0, 0.1) is 6.92 Å². The number of amides is 1. The van der Waals surface area contributed by atoms with Crippen LogP contribution in [-0.4, -0.2) is 30.5 Å². The summed E-state index contributed by atoms with van der Waals surface area (Å²) in [6, 6.07) is 16.5. The number of aromatic nitrogens is 5. The Balaban J connectivity index is 1.46. The van der Waals surface area contributed by atoms with E-state index in [-0.39, 0.29) is 5.91 Å². The van der Waals surface area contributed by atoms with Gasteiger partial charge in [0.25, 0.3) is 5.91 Å². The molecule has 2 aromatic carbocycles. The highest BCUT2D eigenvalue weighted by Crippen LogP contribution is 2.28. The first-order valence-corrected chi connectivity index (χ1v) is 11.3. The van der Waals surface area contributed by atoms with Crippen LogP contribution < -0.4 is 5.32 Å². The Bertz CT molecular complexity index is 1520. The number of halogens is 2. The van der Waals surface area contributed by atoms with Gasteiger partial charge < -0.3 is 5.32 Å². The molecule has 170 valence electrons. The lowest BCUT2D eigenvalue weighted by atomic mass is 10.0. The first-order chi connectivity index (χ1) is 16.4. The largest absolute Gasteiger partial charge is 0.305 e. The first kappa shape index (κ1) is 22.1. The van der Waals surface area contributed by atoms with Crippen LogP contribution in [0.25, 0.3) is 22.2 Å². The lowest BCUT2D eigenvalue weighted by Crippen LogP contribution is -2.14. The minimum Gasteiger partial charge on any atom is -0.305 e. The Morgan fingerprint density at radius 1 is 1.03 bits per heavy atom. The highest BCUT2D eigenvalue weighted by molar-refractivity contribution is 6.36. The molecule has 0 fully saturated rings. The zero-order valence-corrected chi connectivity index (χ0v) is 20.0. The van der Waals surface area contributed by atoms with E-state index in [0.717, 1.165) is 27.7 Å². The third-order valence-corrected chi connectivity index (χ3v) is 6.22. The van der Waals surface area contributed by atoms with E-state index in [0.29, 0.717) is 33.7 Å². The Morgan fingerprint density at radius 2 is 1.79 bits per heavy atom.